The molecule has 0 aromatic heterocycles. The zero-order valence-corrected chi connectivity index (χ0v) is 11.4. The first-order chi connectivity index (χ1) is 8.81. The van der Waals surface area contributed by atoms with E-state index in [0.717, 1.165) is 18.0 Å². The Bertz CT molecular complexity index is 347. The predicted octanol–water partition coefficient (Wildman–Crippen LogP) is 3.24. The van der Waals surface area contributed by atoms with E-state index in [1.165, 1.54) is 37.7 Å². The molecular formula is C16H25NO. The summed E-state index contributed by atoms with van der Waals surface area (Å²) in [5.74, 6) is 0.924. The lowest BCUT2D eigenvalue weighted by molar-refractivity contribution is 0.278. The van der Waals surface area contributed by atoms with E-state index in [2.05, 4.69) is 24.4 Å². The van der Waals surface area contributed by atoms with Crippen LogP contribution in [-0.4, -0.2) is 11.1 Å². The third-order valence-electron chi connectivity index (χ3n) is 4.16. The maximum atomic E-state index is 9.00. The molecule has 1 aliphatic rings. The second kappa shape index (κ2) is 6.91. The van der Waals surface area contributed by atoms with Gasteiger partial charge in [0.15, 0.2) is 0 Å². The first-order valence-electron chi connectivity index (χ1n) is 7.24. The van der Waals surface area contributed by atoms with Crippen LogP contribution in [0.5, 0.6) is 0 Å². The summed E-state index contributed by atoms with van der Waals surface area (Å²) in [6.07, 6.45) is 6.78. The van der Waals surface area contributed by atoms with Crippen LogP contribution in [0.25, 0.3) is 0 Å². The second-order valence-corrected chi connectivity index (χ2v) is 5.49. The van der Waals surface area contributed by atoms with Gasteiger partial charge >= 0.3 is 0 Å². The molecular weight excluding hydrogens is 222 g/mol. The van der Waals surface area contributed by atoms with Gasteiger partial charge in [0.25, 0.3) is 0 Å². The molecule has 1 saturated carbocycles. The van der Waals surface area contributed by atoms with Gasteiger partial charge < -0.3 is 10.4 Å². The summed E-state index contributed by atoms with van der Waals surface area (Å²) in [7, 11) is 0. The first-order valence-corrected chi connectivity index (χ1v) is 7.24. The predicted molar refractivity (Wildman–Crippen MR) is 75.2 cm³/mol. The SMILES string of the molecule is CCC1CCCC(NCc2ccc(CO)cc2)C1. The molecule has 1 aromatic carbocycles. The Kier molecular flexibility index (Phi) is 5.21. The fraction of sp³-hybridized carbons (Fsp3) is 0.625. The Labute approximate surface area is 110 Å². The van der Waals surface area contributed by atoms with Gasteiger partial charge in [0, 0.05) is 12.6 Å². The number of hydrogen-bond acceptors (Lipinski definition) is 2. The summed E-state index contributed by atoms with van der Waals surface area (Å²) >= 11 is 0. The monoisotopic (exact) mass is 247 g/mol. The van der Waals surface area contributed by atoms with Gasteiger partial charge in [-0.25, -0.2) is 0 Å². The van der Waals surface area contributed by atoms with Crippen molar-refractivity contribution in [2.45, 2.75) is 58.2 Å². The standard InChI is InChI=1S/C16H25NO/c1-2-13-4-3-5-16(10-13)17-11-14-6-8-15(12-18)9-7-14/h6-9,13,16-18H,2-5,10-12H2,1H3. The molecule has 100 valence electrons. The second-order valence-electron chi connectivity index (χ2n) is 5.49. The van der Waals surface area contributed by atoms with Crippen molar-refractivity contribution in [1.29, 1.82) is 0 Å². The number of nitrogens with one attached hydrogen (secondary N) is 1. The van der Waals surface area contributed by atoms with E-state index in [0.29, 0.717) is 6.04 Å². The van der Waals surface area contributed by atoms with E-state index in [4.69, 9.17) is 5.11 Å². The lowest BCUT2D eigenvalue weighted by Gasteiger charge is -2.29. The number of aliphatic hydroxyl groups is 1. The Balaban J connectivity index is 1.79. The highest BCUT2D eigenvalue weighted by Crippen LogP contribution is 2.26. The summed E-state index contributed by atoms with van der Waals surface area (Å²) in [6.45, 7) is 3.39. The van der Waals surface area contributed by atoms with Crippen molar-refractivity contribution in [2.24, 2.45) is 5.92 Å². The van der Waals surface area contributed by atoms with E-state index in [1.807, 2.05) is 12.1 Å². The van der Waals surface area contributed by atoms with Crippen molar-refractivity contribution in [1.82, 2.24) is 5.32 Å². The quantitative estimate of drug-likeness (QED) is 0.837. The van der Waals surface area contributed by atoms with Gasteiger partial charge in [-0.05, 0) is 29.9 Å². The zero-order valence-electron chi connectivity index (χ0n) is 11.4. The molecule has 2 unspecified atom stereocenters. The molecule has 0 amide bonds. The molecule has 0 radical (unpaired) electrons. The maximum absolute atomic E-state index is 9.00. The lowest BCUT2D eigenvalue weighted by atomic mass is 9.84. The van der Waals surface area contributed by atoms with Crippen molar-refractivity contribution >= 4 is 0 Å². The highest BCUT2D eigenvalue weighted by Gasteiger charge is 2.19. The van der Waals surface area contributed by atoms with Crippen molar-refractivity contribution in [3.8, 4) is 0 Å². The fourth-order valence-corrected chi connectivity index (χ4v) is 2.87. The van der Waals surface area contributed by atoms with Gasteiger partial charge in [0.05, 0.1) is 6.61 Å². The smallest absolute Gasteiger partial charge is 0.0681 e. The van der Waals surface area contributed by atoms with Crippen molar-refractivity contribution in [3.63, 3.8) is 0 Å². The fourth-order valence-electron chi connectivity index (χ4n) is 2.87. The summed E-state index contributed by atoms with van der Waals surface area (Å²) < 4.78 is 0. The summed E-state index contributed by atoms with van der Waals surface area (Å²) in [4.78, 5) is 0. The highest BCUT2D eigenvalue weighted by atomic mass is 16.3. The molecule has 2 rings (SSSR count). The molecule has 1 aromatic rings. The minimum absolute atomic E-state index is 0.133. The summed E-state index contributed by atoms with van der Waals surface area (Å²) in [6, 6.07) is 8.93. The van der Waals surface area contributed by atoms with Crippen molar-refractivity contribution < 1.29 is 5.11 Å². The van der Waals surface area contributed by atoms with Gasteiger partial charge in [-0.2, -0.15) is 0 Å². The van der Waals surface area contributed by atoms with Crippen LogP contribution in [0.2, 0.25) is 0 Å². The van der Waals surface area contributed by atoms with Crippen LogP contribution in [0.3, 0.4) is 0 Å². The third kappa shape index (κ3) is 3.82. The van der Waals surface area contributed by atoms with Crippen LogP contribution in [0.15, 0.2) is 24.3 Å². The van der Waals surface area contributed by atoms with Crippen LogP contribution in [-0.2, 0) is 13.2 Å². The topological polar surface area (TPSA) is 32.3 Å². The molecule has 0 aliphatic heterocycles. The van der Waals surface area contributed by atoms with E-state index in [1.54, 1.807) is 0 Å². The molecule has 18 heavy (non-hydrogen) atoms. The average molecular weight is 247 g/mol. The number of aliphatic hydroxyl groups excluding tert-OH is 1. The van der Waals surface area contributed by atoms with E-state index < -0.39 is 0 Å². The summed E-state index contributed by atoms with van der Waals surface area (Å²) in [5.41, 5.74) is 2.30. The molecule has 0 heterocycles. The Hall–Kier alpha value is -0.860. The third-order valence-corrected chi connectivity index (χ3v) is 4.16. The average Bonchev–Trinajstić information content (AvgIpc) is 2.46. The van der Waals surface area contributed by atoms with Gasteiger partial charge in [-0.15, -0.1) is 0 Å². The van der Waals surface area contributed by atoms with Crippen molar-refractivity contribution in [2.75, 3.05) is 0 Å². The van der Waals surface area contributed by atoms with E-state index in [-0.39, 0.29) is 6.61 Å². The van der Waals surface area contributed by atoms with E-state index >= 15 is 0 Å². The molecule has 0 bridgehead atoms. The zero-order chi connectivity index (χ0) is 12.8. The molecule has 1 aliphatic carbocycles. The van der Waals surface area contributed by atoms with Crippen LogP contribution in [0.1, 0.15) is 50.2 Å². The van der Waals surface area contributed by atoms with Gasteiger partial charge in [0.1, 0.15) is 0 Å². The highest BCUT2D eigenvalue weighted by molar-refractivity contribution is 5.21. The molecule has 2 atom stereocenters. The van der Waals surface area contributed by atoms with Crippen LogP contribution in [0.4, 0.5) is 0 Å². The van der Waals surface area contributed by atoms with Gasteiger partial charge in [0.2, 0.25) is 0 Å². The van der Waals surface area contributed by atoms with Gasteiger partial charge in [-0.1, -0.05) is 50.5 Å². The summed E-state index contributed by atoms with van der Waals surface area (Å²) in [5, 5.41) is 12.7. The van der Waals surface area contributed by atoms with Gasteiger partial charge in [-0.3, -0.25) is 0 Å². The Morgan fingerprint density at radius 1 is 1.17 bits per heavy atom. The van der Waals surface area contributed by atoms with Crippen LogP contribution < -0.4 is 5.32 Å². The molecule has 2 heteroatoms. The molecule has 2 N–H and O–H groups in total. The molecule has 0 spiro atoms. The largest absolute Gasteiger partial charge is 0.392 e. The van der Waals surface area contributed by atoms with Crippen LogP contribution >= 0.6 is 0 Å². The Morgan fingerprint density at radius 2 is 1.89 bits per heavy atom. The molecule has 2 nitrogen and oxygen atoms in total. The minimum atomic E-state index is 0.133. The normalized spacial score (nSPS) is 24.1. The maximum Gasteiger partial charge on any atom is 0.0681 e. The Morgan fingerprint density at radius 3 is 2.56 bits per heavy atom. The van der Waals surface area contributed by atoms with E-state index in [9.17, 15) is 0 Å². The molecule has 1 fully saturated rings. The number of rotatable bonds is 5. The lowest BCUT2D eigenvalue weighted by Crippen LogP contribution is -2.33. The van der Waals surface area contributed by atoms with Crippen molar-refractivity contribution in [3.05, 3.63) is 35.4 Å². The molecule has 0 saturated heterocycles. The number of hydrogen-bond donors (Lipinski definition) is 2. The minimum Gasteiger partial charge on any atom is -0.392 e. The van der Waals surface area contributed by atoms with Crippen LogP contribution in [0, 0.1) is 5.92 Å². The number of benzene rings is 1. The first kappa shape index (κ1) is 13.6.